The Morgan fingerprint density at radius 1 is 0.429 bits per heavy atom. The van der Waals surface area contributed by atoms with E-state index >= 15 is 0 Å². The lowest BCUT2D eigenvalue weighted by atomic mass is 9.70. The lowest BCUT2D eigenvalue weighted by Crippen LogP contribution is -2.35. The standard InChI is InChI=1S/C40H34N2O14/c43-31-25-15-27-28(34(46)42(33(27)45)20-5-9-22(10-6-20)54-36(48)18-2-12-24-30(14-18)40(52)56-38(24)50)16-26(25)32(44)41(31)19-3-7-21(8-4-19)53-35(47)17-1-11-23-29(13-17)39(51)55-37(23)49/h3-10,17-18,23-30H,1-2,11-16H2. The lowest BCUT2D eigenvalue weighted by Gasteiger charge is -2.28. The van der Waals surface area contributed by atoms with Gasteiger partial charge in [-0.25, -0.2) is 0 Å². The first kappa shape index (κ1) is 35.6. The number of fused-ring (bicyclic) bond motifs is 4. The van der Waals surface area contributed by atoms with Gasteiger partial charge in [0.25, 0.3) is 0 Å². The maximum Gasteiger partial charge on any atom is 0.317 e. The smallest absolute Gasteiger partial charge is 0.317 e. The highest BCUT2D eigenvalue weighted by molar-refractivity contribution is 6.25. The molecule has 0 N–H and O–H groups in total. The molecule has 7 fully saturated rings. The molecule has 16 heteroatoms. The van der Waals surface area contributed by atoms with Gasteiger partial charge in [-0.3, -0.25) is 57.7 Å². The van der Waals surface area contributed by atoms with E-state index in [2.05, 4.69) is 0 Å². The summed E-state index contributed by atoms with van der Waals surface area (Å²) in [4.78, 5) is 130. The minimum Gasteiger partial charge on any atom is -0.426 e. The van der Waals surface area contributed by atoms with Crippen molar-refractivity contribution in [2.24, 2.45) is 59.2 Å². The van der Waals surface area contributed by atoms with Crippen LogP contribution in [0.25, 0.3) is 0 Å². The van der Waals surface area contributed by atoms with Gasteiger partial charge in [0.1, 0.15) is 11.5 Å². The maximum absolute atomic E-state index is 13.7. The van der Waals surface area contributed by atoms with Gasteiger partial charge in [-0.2, -0.15) is 0 Å². The van der Waals surface area contributed by atoms with Crippen LogP contribution in [-0.4, -0.2) is 59.4 Å². The number of nitrogens with zero attached hydrogens (tertiary/aromatic N) is 2. The SMILES string of the molecule is O=C(Oc1ccc(N2C(=O)C3CC4C(=O)N(c5ccc(OC(=O)C6CCC7C(=O)OC(=O)C7C6)cc5)C(=O)C4CC3C2=O)cc1)C1CCC2C(=O)OC(=O)C2C1. The molecule has 7 aliphatic rings. The van der Waals surface area contributed by atoms with E-state index in [0.29, 0.717) is 25.7 Å². The van der Waals surface area contributed by atoms with Gasteiger partial charge >= 0.3 is 35.8 Å². The van der Waals surface area contributed by atoms with Crippen molar-refractivity contribution in [1.29, 1.82) is 0 Å². The molecule has 4 amide bonds. The van der Waals surface area contributed by atoms with Crippen LogP contribution in [0.4, 0.5) is 11.4 Å². The van der Waals surface area contributed by atoms with E-state index in [4.69, 9.17) is 18.9 Å². The minimum atomic E-state index is -0.816. The van der Waals surface area contributed by atoms with Gasteiger partial charge in [-0.05, 0) is 99.9 Å². The molecule has 0 radical (unpaired) electrons. The molecule has 9 rings (SSSR count). The third-order valence-corrected chi connectivity index (χ3v) is 12.7. The van der Waals surface area contributed by atoms with Crippen LogP contribution in [-0.2, 0) is 57.4 Å². The van der Waals surface area contributed by atoms with E-state index < -0.39 is 119 Å². The first-order valence-electron chi connectivity index (χ1n) is 18.8. The van der Waals surface area contributed by atoms with Crippen molar-refractivity contribution >= 4 is 70.8 Å². The molecule has 10 atom stereocenters. The van der Waals surface area contributed by atoms with Gasteiger partial charge in [0, 0.05) is 0 Å². The summed E-state index contributed by atoms with van der Waals surface area (Å²) in [7, 11) is 0. The highest BCUT2D eigenvalue weighted by Gasteiger charge is 2.60. The Hall–Kier alpha value is -6.06. The van der Waals surface area contributed by atoms with Crippen LogP contribution in [0.15, 0.2) is 48.5 Å². The first-order valence-corrected chi connectivity index (χ1v) is 18.8. The summed E-state index contributed by atoms with van der Waals surface area (Å²) in [5.74, 6) is -12.0. The van der Waals surface area contributed by atoms with Gasteiger partial charge in [-0.1, -0.05) is 0 Å². The lowest BCUT2D eigenvalue weighted by molar-refractivity contribution is -0.155. The Morgan fingerprint density at radius 3 is 1.09 bits per heavy atom. The predicted octanol–water partition coefficient (Wildman–Crippen LogP) is 2.43. The van der Waals surface area contributed by atoms with Gasteiger partial charge in [0.05, 0.1) is 70.6 Å². The maximum atomic E-state index is 13.7. The van der Waals surface area contributed by atoms with E-state index in [1.54, 1.807) is 0 Å². The van der Waals surface area contributed by atoms with Crippen LogP contribution in [0.1, 0.15) is 51.4 Å². The second-order valence-corrected chi connectivity index (χ2v) is 15.7. The normalized spacial score (nSPS) is 33.4. The summed E-state index contributed by atoms with van der Waals surface area (Å²) in [6.07, 6.45) is 1.73. The van der Waals surface area contributed by atoms with Crippen molar-refractivity contribution < 1.29 is 66.9 Å². The van der Waals surface area contributed by atoms with Gasteiger partial charge in [0.2, 0.25) is 23.6 Å². The second-order valence-electron chi connectivity index (χ2n) is 15.7. The molecule has 4 aliphatic heterocycles. The summed E-state index contributed by atoms with van der Waals surface area (Å²) in [5, 5.41) is 0. The van der Waals surface area contributed by atoms with Crippen LogP contribution in [0.5, 0.6) is 11.5 Å². The number of hydrogen-bond acceptors (Lipinski definition) is 14. The second kappa shape index (κ2) is 13.3. The molecule has 2 aromatic rings. The van der Waals surface area contributed by atoms with Crippen molar-refractivity contribution in [3.8, 4) is 11.5 Å². The zero-order valence-electron chi connectivity index (χ0n) is 29.7. The van der Waals surface area contributed by atoms with E-state index in [9.17, 15) is 47.9 Å². The third kappa shape index (κ3) is 5.72. The summed E-state index contributed by atoms with van der Waals surface area (Å²) in [6.45, 7) is 0. The van der Waals surface area contributed by atoms with E-state index in [1.807, 2.05) is 0 Å². The molecule has 3 saturated carbocycles. The number of carbonyl (C=O) groups is 10. The van der Waals surface area contributed by atoms with Crippen LogP contribution >= 0.6 is 0 Å². The molecule has 4 heterocycles. The Labute approximate surface area is 317 Å². The predicted molar refractivity (Wildman–Crippen MR) is 183 cm³/mol. The Morgan fingerprint density at radius 2 is 0.750 bits per heavy atom. The molecule has 288 valence electrons. The van der Waals surface area contributed by atoms with Crippen LogP contribution in [0, 0.1) is 59.2 Å². The molecule has 10 unspecified atom stereocenters. The highest BCUT2D eigenvalue weighted by Crippen LogP contribution is 2.50. The fraction of sp³-hybridized carbons (Fsp3) is 0.450. The summed E-state index contributed by atoms with van der Waals surface area (Å²) in [6, 6.07) is 11.7. The zero-order chi connectivity index (χ0) is 39.2. The van der Waals surface area contributed by atoms with Crippen molar-refractivity contribution in [3.05, 3.63) is 48.5 Å². The molecule has 3 aliphatic carbocycles. The third-order valence-electron chi connectivity index (χ3n) is 12.7. The van der Waals surface area contributed by atoms with Gasteiger partial charge in [0.15, 0.2) is 0 Å². The first-order chi connectivity index (χ1) is 26.9. The highest BCUT2D eigenvalue weighted by atomic mass is 16.6. The number of hydrogen-bond donors (Lipinski definition) is 0. The number of esters is 6. The Balaban J connectivity index is 0.815. The number of cyclic esters (lactones) is 4. The summed E-state index contributed by atoms with van der Waals surface area (Å²) >= 11 is 0. The van der Waals surface area contributed by atoms with E-state index in [1.165, 1.54) is 48.5 Å². The fourth-order valence-electron chi connectivity index (χ4n) is 9.77. The molecule has 2 aromatic carbocycles. The average Bonchev–Trinajstić information content (AvgIpc) is 3.83. The number of anilines is 2. The number of benzene rings is 2. The monoisotopic (exact) mass is 766 g/mol. The molecular weight excluding hydrogens is 732 g/mol. The number of ether oxygens (including phenoxy) is 4. The van der Waals surface area contributed by atoms with Crippen LogP contribution in [0.3, 0.4) is 0 Å². The van der Waals surface area contributed by atoms with Crippen molar-refractivity contribution in [3.63, 3.8) is 0 Å². The Kier molecular flexibility index (Phi) is 8.47. The van der Waals surface area contributed by atoms with Crippen molar-refractivity contribution in [1.82, 2.24) is 0 Å². The molecule has 56 heavy (non-hydrogen) atoms. The van der Waals surface area contributed by atoms with Gasteiger partial charge in [-0.15, -0.1) is 0 Å². The Bertz CT molecular complexity index is 1950. The molecule has 0 spiro atoms. The summed E-state index contributed by atoms with van der Waals surface area (Å²) < 4.78 is 20.5. The minimum absolute atomic E-state index is 0.00757. The number of rotatable bonds is 6. The van der Waals surface area contributed by atoms with E-state index in [-0.39, 0.29) is 48.6 Å². The molecule has 16 nitrogen and oxygen atoms in total. The average molecular weight is 767 g/mol. The molecule has 4 saturated heterocycles. The van der Waals surface area contributed by atoms with E-state index in [0.717, 1.165) is 9.80 Å². The van der Waals surface area contributed by atoms with Gasteiger partial charge < -0.3 is 18.9 Å². The quantitative estimate of drug-likeness (QED) is 0.179. The largest absolute Gasteiger partial charge is 0.426 e. The van der Waals surface area contributed by atoms with Crippen molar-refractivity contribution in [2.75, 3.05) is 9.80 Å². The fourth-order valence-corrected chi connectivity index (χ4v) is 9.77. The van der Waals surface area contributed by atoms with Crippen molar-refractivity contribution in [2.45, 2.75) is 51.4 Å². The topological polar surface area (TPSA) is 214 Å². The van der Waals surface area contributed by atoms with Crippen LogP contribution in [0.2, 0.25) is 0 Å². The summed E-state index contributed by atoms with van der Waals surface area (Å²) in [5.41, 5.74) is 0.493. The molecular formula is C40H34N2O14. The molecule has 0 bridgehead atoms. The number of imide groups is 2. The van der Waals surface area contributed by atoms with Crippen LogP contribution < -0.4 is 19.3 Å². The number of carbonyl (C=O) groups excluding carboxylic acids is 10. The zero-order valence-corrected chi connectivity index (χ0v) is 29.7. The molecule has 0 aromatic heterocycles. The number of amides is 4.